The van der Waals surface area contributed by atoms with E-state index < -0.39 is 0 Å². The number of hydrogen-bond donors (Lipinski definition) is 0. The predicted molar refractivity (Wildman–Crippen MR) is 69.6 cm³/mol. The van der Waals surface area contributed by atoms with Gasteiger partial charge in [-0.25, -0.2) is 4.98 Å². The number of aryl methyl sites for hydroxylation is 1. The number of halogens is 1. The summed E-state index contributed by atoms with van der Waals surface area (Å²) in [6.07, 6.45) is 3.58. The highest BCUT2D eigenvalue weighted by molar-refractivity contribution is 7.99. The molecule has 2 rings (SSSR count). The third-order valence-corrected chi connectivity index (χ3v) is 3.55. The number of thioether (sulfide) groups is 1. The Hall–Kier alpha value is -1.44. The minimum atomic E-state index is 0.386. The molecule has 0 saturated heterocycles. The molecule has 0 radical (unpaired) electrons. The Labute approximate surface area is 109 Å². The van der Waals surface area contributed by atoms with E-state index in [-0.39, 0.29) is 0 Å². The summed E-state index contributed by atoms with van der Waals surface area (Å²) in [4.78, 5) is 4.21. The fourth-order valence-electron chi connectivity index (χ4n) is 1.42. The Bertz CT molecular complexity index is 571. The first-order valence-electron chi connectivity index (χ1n) is 5.02. The molecule has 1 heterocycles. The molecule has 1 aromatic carbocycles. The summed E-state index contributed by atoms with van der Waals surface area (Å²) in [5.41, 5.74) is 2.00. The number of nitrogens with zero attached hydrogens (tertiary/aromatic N) is 3. The van der Waals surface area contributed by atoms with E-state index in [4.69, 9.17) is 16.9 Å². The van der Waals surface area contributed by atoms with E-state index in [1.54, 1.807) is 6.20 Å². The van der Waals surface area contributed by atoms with Crippen molar-refractivity contribution in [2.75, 3.05) is 5.75 Å². The zero-order valence-corrected chi connectivity index (χ0v) is 10.8. The molecule has 86 valence electrons. The molecule has 0 unspecified atom stereocenters. The van der Waals surface area contributed by atoms with Crippen molar-refractivity contribution in [1.29, 1.82) is 5.26 Å². The molecule has 0 bridgehead atoms. The van der Waals surface area contributed by atoms with E-state index in [0.29, 0.717) is 5.75 Å². The third kappa shape index (κ3) is 2.63. The molecular weight excluding hydrogens is 254 g/mol. The number of imidazole rings is 1. The van der Waals surface area contributed by atoms with Gasteiger partial charge >= 0.3 is 0 Å². The monoisotopic (exact) mass is 263 g/mol. The average molecular weight is 264 g/mol. The lowest BCUT2D eigenvalue weighted by molar-refractivity contribution is 0.896. The molecular formula is C12H10ClN3S. The Morgan fingerprint density at radius 1 is 1.53 bits per heavy atom. The molecule has 0 amide bonds. The normalized spacial score (nSPS) is 10.2. The Balaban J connectivity index is 2.36. The Kier molecular flexibility index (Phi) is 3.72. The summed E-state index contributed by atoms with van der Waals surface area (Å²) in [5, 5.41) is 10.1. The molecule has 0 aliphatic rings. The van der Waals surface area contributed by atoms with Crippen LogP contribution in [0.1, 0.15) is 5.56 Å². The molecule has 0 saturated carbocycles. The van der Waals surface area contributed by atoms with Gasteiger partial charge in [0.25, 0.3) is 0 Å². The first kappa shape index (κ1) is 12.0. The van der Waals surface area contributed by atoms with Crippen molar-refractivity contribution >= 4 is 23.4 Å². The molecule has 0 aliphatic carbocycles. The second kappa shape index (κ2) is 5.26. The zero-order chi connectivity index (χ0) is 12.3. The third-order valence-electron chi connectivity index (χ3n) is 2.31. The lowest BCUT2D eigenvalue weighted by Crippen LogP contribution is -1.95. The summed E-state index contributed by atoms with van der Waals surface area (Å²) < 4.78 is 1.92. The predicted octanol–water partition coefficient (Wildman–Crippen LogP) is 3.45. The second-order valence-electron chi connectivity index (χ2n) is 3.46. The van der Waals surface area contributed by atoms with Gasteiger partial charge in [0.2, 0.25) is 0 Å². The maximum Gasteiger partial charge on any atom is 0.173 e. The summed E-state index contributed by atoms with van der Waals surface area (Å²) in [6.45, 7) is 1.96. The maximum absolute atomic E-state index is 8.58. The van der Waals surface area contributed by atoms with Gasteiger partial charge in [0.1, 0.15) is 0 Å². The van der Waals surface area contributed by atoms with E-state index >= 15 is 0 Å². The van der Waals surface area contributed by atoms with Crippen LogP contribution in [0.15, 0.2) is 35.7 Å². The van der Waals surface area contributed by atoms with E-state index in [0.717, 1.165) is 21.4 Å². The van der Waals surface area contributed by atoms with E-state index in [2.05, 4.69) is 11.1 Å². The molecule has 2 aromatic rings. The Morgan fingerprint density at radius 2 is 2.35 bits per heavy atom. The maximum atomic E-state index is 8.58. The molecule has 0 atom stereocenters. The van der Waals surface area contributed by atoms with Crippen LogP contribution in [0.25, 0.3) is 5.69 Å². The van der Waals surface area contributed by atoms with Crippen molar-refractivity contribution in [3.05, 3.63) is 41.2 Å². The number of benzene rings is 1. The fourth-order valence-corrected chi connectivity index (χ4v) is 2.23. The molecule has 0 aliphatic heterocycles. The van der Waals surface area contributed by atoms with Crippen LogP contribution in [0, 0.1) is 18.3 Å². The number of rotatable bonds is 3. The van der Waals surface area contributed by atoms with Crippen molar-refractivity contribution in [1.82, 2.24) is 9.55 Å². The van der Waals surface area contributed by atoms with Crippen LogP contribution in [0.3, 0.4) is 0 Å². The minimum absolute atomic E-state index is 0.386. The van der Waals surface area contributed by atoms with Gasteiger partial charge in [-0.05, 0) is 24.6 Å². The van der Waals surface area contributed by atoms with Gasteiger partial charge in [-0.3, -0.25) is 4.57 Å². The van der Waals surface area contributed by atoms with E-state index in [1.807, 2.05) is 35.9 Å². The lowest BCUT2D eigenvalue weighted by atomic mass is 10.2. The highest BCUT2D eigenvalue weighted by Gasteiger charge is 2.06. The van der Waals surface area contributed by atoms with E-state index in [1.165, 1.54) is 11.8 Å². The molecule has 17 heavy (non-hydrogen) atoms. The van der Waals surface area contributed by atoms with Crippen molar-refractivity contribution in [2.24, 2.45) is 0 Å². The van der Waals surface area contributed by atoms with Crippen LogP contribution in [0.4, 0.5) is 0 Å². The van der Waals surface area contributed by atoms with Gasteiger partial charge in [-0.1, -0.05) is 29.4 Å². The smallest absolute Gasteiger partial charge is 0.173 e. The quantitative estimate of drug-likeness (QED) is 0.797. The number of hydrogen-bond acceptors (Lipinski definition) is 3. The zero-order valence-electron chi connectivity index (χ0n) is 9.22. The van der Waals surface area contributed by atoms with Gasteiger partial charge in [-0.2, -0.15) is 5.26 Å². The molecule has 3 nitrogen and oxygen atoms in total. The highest BCUT2D eigenvalue weighted by Crippen LogP contribution is 2.23. The fraction of sp³-hybridized carbons (Fsp3) is 0.167. The van der Waals surface area contributed by atoms with Gasteiger partial charge < -0.3 is 0 Å². The Morgan fingerprint density at radius 3 is 3.06 bits per heavy atom. The minimum Gasteiger partial charge on any atom is -0.295 e. The SMILES string of the molecule is Cc1ccc(-n2ccnc2SCC#N)cc1Cl. The van der Waals surface area contributed by atoms with Crippen molar-refractivity contribution in [3.63, 3.8) is 0 Å². The highest BCUT2D eigenvalue weighted by atomic mass is 35.5. The largest absolute Gasteiger partial charge is 0.295 e. The second-order valence-corrected chi connectivity index (χ2v) is 4.81. The first-order valence-corrected chi connectivity index (χ1v) is 6.38. The molecule has 1 aromatic heterocycles. The standard InChI is InChI=1S/C12H10ClN3S/c1-9-2-3-10(8-11(9)13)16-6-5-15-12(16)17-7-4-14/h2-3,5-6,8H,7H2,1H3. The average Bonchev–Trinajstić information content (AvgIpc) is 2.78. The molecule has 0 spiro atoms. The summed E-state index contributed by atoms with van der Waals surface area (Å²) in [5.74, 6) is 0.386. The topological polar surface area (TPSA) is 41.6 Å². The summed E-state index contributed by atoms with van der Waals surface area (Å²) in [7, 11) is 0. The van der Waals surface area contributed by atoms with Crippen LogP contribution in [0.2, 0.25) is 5.02 Å². The van der Waals surface area contributed by atoms with Crippen LogP contribution in [-0.2, 0) is 0 Å². The van der Waals surface area contributed by atoms with Gasteiger partial charge in [-0.15, -0.1) is 0 Å². The number of nitriles is 1. The van der Waals surface area contributed by atoms with Crippen LogP contribution >= 0.6 is 23.4 Å². The van der Waals surface area contributed by atoms with E-state index in [9.17, 15) is 0 Å². The molecule has 0 fully saturated rings. The van der Waals surface area contributed by atoms with Crippen LogP contribution < -0.4 is 0 Å². The van der Waals surface area contributed by atoms with Crippen LogP contribution in [0.5, 0.6) is 0 Å². The summed E-state index contributed by atoms with van der Waals surface area (Å²) in [6, 6.07) is 7.94. The van der Waals surface area contributed by atoms with Gasteiger partial charge in [0, 0.05) is 23.1 Å². The number of aromatic nitrogens is 2. The van der Waals surface area contributed by atoms with Crippen molar-refractivity contribution in [2.45, 2.75) is 12.1 Å². The first-order chi connectivity index (χ1) is 8.22. The molecule has 5 heteroatoms. The molecule has 0 N–H and O–H groups in total. The van der Waals surface area contributed by atoms with Gasteiger partial charge in [0.05, 0.1) is 11.8 Å². The summed E-state index contributed by atoms with van der Waals surface area (Å²) >= 11 is 7.50. The van der Waals surface area contributed by atoms with Gasteiger partial charge in [0.15, 0.2) is 5.16 Å². The van der Waals surface area contributed by atoms with Crippen LogP contribution in [-0.4, -0.2) is 15.3 Å². The lowest BCUT2D eigenvalue weighted by Gasteiger charge is -2.07. The van der Waals surface area contributed by atoms with Crippen molar-refractivity contribution < 1.29 is 0 Å². The van der Waals surface area contributed by atoms with Crippen molar-refractivity contribution in [3.8, 4) is 11.8 Å².